The Morgan fingerprint density at radius 3 is 2.64 bits per heavy atom. The molecule has 3 atom stereocenters. The summed E-state index contributed by atoms with van der Waals surface area (Å²) in [5, 5.41) is 11.8. The summed E-state index contributed by atoms with van der Waals surface area (Å²) in [7, 11) is -1.84. The number of rotatable bonds is 13. The molecule has 1 amide bonds. The summed E-state index contributed by atoms with van der Waals surface area (Å²) in [6, 6.07) is 2.96. The minimum Gasteiger partial charge on any atom is -0.493 e. The van der Waals surface area contributed by atoms with Crippen LogP contribution in [0.1, 0.15) is 51.0 Å². The Bertz CT molecular complexity index is 1150. The second kappa shape index (κ2) is 12.7. The van der Waals surface area contributed by atoms with Gasteiger partial charge in [-0.3, -0.25) is 19.3 Å². The molecule has 0 saturated carbocycles. The molecule has 2 fully saturated rings. The molecular weight excluding hydrogens is 530 g/mol. The average Bonchev–Trinajstić information content (AvgIpc) is 3.61. The van der Waals surface area contributed by atoms with Crippen molar-refractivity contribution in [2.75, 3.05) is 59.0 Å². The van der Waals surface area contributed by atoms with Gasteiger partial charge in [0.15, 0.2) is 11.5 Å². The smallest absolute Gasteiger partial charge is 0.308 e. The number of methoxy groups -OCH3 is 1. The molecular formula is C26H39N3O9S. The highest BCUT2D eigenvalue weighted by molar-refractivity contribution is 7.89. The van der Waals surface area contributed by atoms with Gasteiger partial charge in [0, 0.05) is 38.1 Å². The van der Waals surface area contributed by atoms with Gasteiger partial charge in [0.05, 0.1) is 31.9 Å². The van der Waals surface area contributed by atoms with Crippen LogP contribution in [0, 0.1) is 5.92 Å². The third kappa shape index (κ3) is 6.42. The number of ether oxygens (including phenoxy) is 3. The first-order valence-corrected chi connectivity index (χ1v) is 15.2. The number of nitrogens with zero attached hydrogens (tertiary/aromatic N) is 3. The maximum absolute atomic E-state index is 13.3. The molecule has 4 rings (SSSR count). The number of aliphatic carboxylic acids is 1. The third-order valence-electron chi connectivity index (χ3n) is 7.51. The molecule has 13 heteroatoms. The first-order valence-electron chi connectivity index (χ1n) is 13.6. The lowest BCUT2D eigenvalue weighted by Gasteiger charge is -2.30. The number of carboxylic acid groups (broad SMARTS) is 1. The van der Waals surface area contributed by atoms with E-state index in [0.29, 0.717) is 55.4 Å². The van der Waals surface area contributed by atoms with Crippen LogP contribution in [-0.4, -0.2) is 105 Å². The van der Waals surface area contributed by atoms with E-state index in [-0.39, 0.29) is 44.5 Å². The summed E-state index contributed by atoms with van der Waals surface area (Å²) in [4.78, 5) is 33.6. The molecule has 3 aliphatic rings. The zero-order valence-corrected chi connectivity index (χ0v) is 23.7. The van der Waals surface area contributed by atoms with Crippen molar-refractivity contribution in [1.29, 1.82) is 0 Å². The van der Waals surface area contributed by atoms with E-state index in [1.807, 2.05) is 18.7 Å². The average molecular weight is 570 g/mol. The number of carbonyl (C=O) groups is 2. The first kappa shape index (κ1) is 29.4. The van der Waals surface area contributed by atoms with Gasteiger partial charge in [-0.2, -0.15) is 0 Å². The lowest BCUT2D eigenvalue weighted by molar-refractivity contribution is -0.188. The van der Waals surface area contributed by atoms with Crippen LogP contribution in [0.3, 0.4) is 0 Å². The Morgan fingerprint density at radius 1 is 1.21 bits per heavy atom. The second-order valence-electron chi connectivity index (χ2n) is 10.1. The highest BCUT2D eigenvalue weighted by Crippen LogP contribution is 2.47. The number of fused-ring (bicyclic) bond motifs is 1. The van der Waals surface area contributed by atoms with E-state index >= 15 is 0 Å². The molecule has 1 N–H and O–H groups in total. The number of hydrogen-bond acceptors (Lipinski definition) is 9. The van der Waals surface area contributed by atoms with E-state index in [4.69, 9.17) is 19.0 Å². The van der Waals surface area contributed by atoms with Crippen molar-refractivity contribution in [1.82, 2.24) is 14.3 Å². The van der Waals surface area contributed by atoms with Crippen molar-refractivity contribution < 1.29 is 42.2 Å². The van der Waals surface area contributed by atoms with Crippen molar-refractivity contribution >= 4 is 21.9 Å². The summed E-state index contributed by atoms with van der Waals surface area (Å²) in [5.74, 6) is -1.14. The molecule has 1 unspecified atom stereocenters. The number of benzene rings is 1. The molecule has 218 valence electrons. The zero-order valence-electron chi connectivity index (χ0n) is 22.8. The predicted octanol–water partition coefficient (Wildman–Crippen LogP) is 1.90. The lowest BCUT2D eigenvalue weighted by atomic mass is 9.84. The summed E-state index contributed by atoms with van der Waals surface area (Å²) in [5.41, 5.74) is 0.699. The van der Waals surface area contributed by atoms with Crippen molar-refractivity contribution in [3.63, 3.8) is 0 Å². The van der Waals surface area contributed by atoms with E-state index in [9.17, 15) is 23.1 Å². The van der Waals surface area contributed by atoms with E-state index < -0.39 is 33.9 Å². The first-order chi connectivity index (χ1) is 18.7. The van der Waals surface area contributed by atoms with Crippen LogP contribution >= 0.6 is 0 Å². The molecule has 1 aromatic rings. The molecule has 3 aliphatic heterocycles. The zero-order chi connectivity index (χ0) is 28.2. The van der Waals surface area contributed by atoms with E-state index in [2.05, 4.69) is 0 Å². The normalized spacial score (nSPS) is 24.2. The lowest BCUT2D eigenvalue weighted by Crippen LogP contribution is -2.45. The van der Waals surface area contributed by atoms with Gasteiger partial charge in [-0.05, 0) is 43.4 Å². The number of likely N-dealkylation sites (tertiary alicyclic amines) is 1. The summed E-state index contributed by atoms with van der Waals surface area (Å²) in [6.45, 7) is 5.65. The molecule has 0 bridgehead atoms. The second-order valence-corrected chi connectivity index (χ2v) is 12.2. The fourth-order valence-electron chi connectivity index (χ4n) is 5.69. The van der Waals surface area contributed by atoms with Gasteiger partial charge in [-0.25, -0.2) is 17.8 Å². The van der Waals surface area contributed by atoms with Crippen LogP contribution in [0.4, 0.5) is 0 Å². The quantitative estimate of drug-likeness (QED) is 0.351. The fourth-order valence-corrected chi connectivity index (χ4v) is 7.23. The standard InChI is InChI=1S/C26H39N3O9S/c1-4-8-29(38-11-5-2)23(30)16-27-15-19(18-13-21(35-3)25-22(14-18)36-17-37-25)24(26(31)32)20(27)7-10-28-9-6-12-39(28,33)34/h13-14,19-20,24H,4-12,15-17H2,1-3H3,(H,31,32)/t19-,20+,24?/m1/s1. The highest BCUT2D eigenvalue weighted by atomic mass is 32.2. The number of carboxylic acids is 1. The molecule has 0 aliphatic carbocycles. The van der Waals surface area contributed by atoms with Crippen LogP contribution < -0.4 is 14.2 Å². The maximum atomic E-state index is 13.3. The summed E-state index contributed by atoms with van der Waals surface area (Å²) >= 11 is 0. The molecule has 12 nitrogen and oxygen atoms in total. The van der Waals surface area contributed by atoms with Gasteiger partial charge in [0.25, 0.3) is 5.91 Å². The van der Waals surface area contributed by atoms with Crippen molar-refractivity contribution in [3.8, 4) is 17.2 Å². The van der Waals surface area contributed by atoms with Crippen LogP contribution in [0.15, 0.2) is 12.1 Å². The Hall–Kier alpha value is -2.61. The van der Waals surface area contributed by atoms with Crippen molar-refractivity contribution in [3.05, 3.63) is 17.7 Å². The molecule has 39 heavy (non-hydrogen) atoms. The topological polar surface area (TPSA) is 135 Å². The number of hydroxylamine groups is 2. The Kier molecular flexibility index (Phi) is 9.57. The van der Waals surface area contributed by atoms with Gasteiger partial charge in [-0.1, -0.05) is 13.8 Å². The summed E-state index contributed by atoms with van der Waals surface area (Å²) < 4.78 is 42.9. The molecule has 1 aromatic carbocycles. The fraction of sp³-hybridized carbons (Fsp3) is 0.692. The van der Waals surface area contributed by atoms with E-state index in [1.165, 1.54) is 16.5 Å². The Morgan fingerprint density at radius 2 is 2.00 bits per heavy atom. The minimum absolute atomic E-state index is 0.0386. The molecule has 3 heterocycles. The van der Waals surface area contributed by atoms with Crippen LogP contribution in [0.25, 0.3) is 0 Å². The third-order valence-corrected chi connectivity index (χ3v) is 9.47. The van der Waals surface area contributed by atoms with Crippen LogP contribution in [0.5, 0.6) is 17.2 Å². The van der Waals surface area contributed by atoms with Gasteiger partial charge >= 0.3 is 5.97 Å². The number of amides is 1. The largest absolute Gasteiger partial charge is 0.493 e. The van der Waals surface area contributed by atoms with Crippen molar-refractivity contribution in [2.24, 2.45) is 5.92 Å². The number of hydrogen-bond donors (Lipinski definition) is 1. The predicted molar refractivity (Wildman–Crippen MR) is 141 cm³/mol. The van der Waals surface area contributed by atoms with E-state index in [1.54, 1.807) is 12.1 Å². The van der Waals surface area contributed by atoms with Crippen LogP contribution in [0.2, 0.25) is 0 Å². The van der Waals surface area contributed by atoms with Crippen molar-refractivity contribution in [2.45, 2.75) is 51.5 Å². The molecule has 0 radical (unpaired) electrons. The number of sulfonamides is 1. The number of carbonyl (C=O) groups excluding carboxylic acids is 1. The SMILES string of the molecule is CCCON(CCC)C(=O)CN1C[C@H](c2cc(OC)c3c(c2)OCO3)C(C(=O)O)[C@@H]1CCN1CCCS1(=O)=O. The summed E-state index contributed by atoms with van der Waals surface area (Å²) in [6.07, 6.45) is 2.30. The van der Waals surface area contributed by atoms with Gasteiger partial charge in [0.1, 0.15) is 0 Å². The van der Waals surface area contributed by atoms with Gasteiger partial charge in [0.2, 0.25) is 22.6 Å². The Balaban J connectivity index is 1.64. The highest BCUT2D eigenvalue weighted by Gasteiger charge is 2.48. The minimum atomic E-state index is -3.34. The molecule has 2 saturated heterocycles. The monoisotopic (exact) mass is 569 g/mol. The van der Waals surface area contributed by atoms with Crippen LogP contribution in [-0.2, 0) is 24.4 Å². The Labute approximate surface area is 229 Å². The molecule has 0 aromatic heterocycles. The van der Waals surface area contributed by atoms with Gasteiger partial charge in [-0.15, -0.1) is 0 Å². The molecule has 0 spiro atoms. The maximum Gasteiger partial charge on any atom is 0.308 e. The van der Waals surface area contributed by atoms with Gasteiger partial charge < -0.3 is 19.3 Å². The van der Waals surface area contributed by atoms with E-state index in [0.717, 1.165) is 6.42 Å².